The van der Waals surface area contributed by atoms with Crippen molar-refractivity contribution in [3.05, 3.63) is 29.3 Å². The van der Waals surface area contributed by atoms with Crippen LogP contribution in [0.15, 0.2) is 18.2 Å². The Morgan fingerprint density at radius 2 is 2.24 bits per heavy atom. The summed E-state index contributed by atoms with van der Waals surface area (Å²) in [6, 6.07) is 5.98. The van der Waals surface area contributed by atoms with E-state index in [1.54, 1.807) is 14.0 Å². The summed E-state index contributed by atoms with van der Waals surface area (Å²) in [6.45, 7) is 6.63. The molecule has 0 radical (unpaired) electrons. The Morgan fingerprint density at radius 3 is 2.86 bits per heavy atom. The predicted molar refractivity (Wildman–Crippen MR) is 84.6 cm³/mol. The SMILES string of the molecule is CCC1CN(Cc2cc(C(C)=O)ccc2OC)CCC1N. The van der Waals surface area contributed by atoms with Crippen LogP contribution < -0.4 is 10.5 Å². The van der Waals surface area contributed by atoms with Gasteiger partial charge in [0.2, 0.25) is 0 Å². The Balaban J connectivity index is 2.14. The largest absolute Gasteiger partial charge is 0.496 e. The fourth-order valence-corrected chi connectivity index (χ4v) is 3.06. The number of carbonyl (C=O) groups excluding carboxylic acids is 1. The summed E-state index contributed by atoms with van der Waals surface area (Å²) in [5.74, 6) is 1.50. The molecule has 0 aromatic heterocycles. The minimum Gasteiger partial charge on any atom is -0.496 e. The van der Waals surface area contributed by atoms with Crippen molar-refractivity contribution in [2.45, 2.75) is 39.3 Å². The van der Waals surface area contributed by atoms with Crippen LogP contribution in [-0.4, -0.2) is 36.9 Å². The Morgan fingerprint density at radius 1 is 1.48 bits per heavy atom. The molecule has 0 bridgehead atoms. The maximum Gasteiger partial charge on any atom is 0.159 e. The lowest BCUT2D eigenvalue weighted by Gasteiger charge is -2.36. The number of nitrogens with zero attached hydrogens (tertiary/aromatic N) is 1. The van der Waals surface area contributed by atoms with E-state index in [1.807, 2.05) is 18.2 Å². The minimum atomic E-state index is 0.0889. The fourth-order valence-electron chi connectivity index (χ4n) is 3.06. The highest BCUT2D eigenvalue weighted by molar-refractivity contribution is 5.94. The molecule has 1 fully saturated rings. The Hall–Kier alpha value is -1.39. The summed E-state index contributed by atoms with van der Waals surface area (Å²) in [6.07, 6.45) is 2.15. The molecule has 2 N–H and O–H groups in total. The van der Waals surface area contributed by atoms with Gasteiger partial charge in [-0.1, -0.05) is 13.3 Å². The highest BCUT2D eigenvalue weighted by atomic mass is 16.5. The first-order chi connectivity index (χ1) is 10.0. The highest BCUT2D eigenvalue weighted by Gasteiger charge is 2.25. The summed E-state index contributed by atoms with van der Waals surface area (Å²) >= 11 is 0. The van der Waals surface area contributed by atoms with Crippen LogP contribution in [0.25, 0.3) is 0 Å². The number of nitrogens with two attached hydrogens (primary N) is 1. The third-order valence-electron chi connectivity index (χ3n) is 4.48. The van der Waals surface area contributed by atoms with Crippen LogP contribution in [0.3, 0.4) is 0 Å². The summed E-state index contributed by atoms with van der Waals surface area (Å²) in [5.41, 5.74) is 7.99. The molecule has 1 aliphatic heterocycles. The molecule has 1 aromatic rings. The van der Waals surface area contributed by atoms with Gasteiger partial charge in [-0.25, -0.2) is 0 Å². The molecule has 2 unspecified atom stereocenters. The van der Waals surface area contributed by atoms with Crippen LogP contribution in [0.2, 0.25) is 0 Å². The van der Waals surface area contributed by atoms with Crippen LogP contribution >= 0.6 is 0 Å². The van der Waals surface area contributed by atoms with E-state index in [9.17, 15) is 4.79 Å². The third-order valence-corrected chi connectivity index (χ3v) is 4.48. The van der Waals surface area contributed by atoms with Gasteiger partial charge < -0.3 is 10.5 Å². The second-order valence-corrected chi connectivity index (χ2v) is 5.94. The molecule has 4 heteroatoms. The molecule has 2 rings (SSSR count). The number of ketones is 1. The first kappa shape index (κ1) is 16.0. The van der Waals surface area contributed by atoms with Crippen LogP contribution in [-0.2, 0) is 6.54 Å². The topological polar surface area (TPSA) is 55.6 Å². The molecule has 0 saturated carbocycles. The number of hydrogen-bond donors (Lipinski definition) is 1. The molecule has 1 heterocycles. The van der Waals surface area contributed by atoms with Gasteiger partial charge in [-0.05, 0) is 44.0 Å². The quantitative estimate of drug-likeness (QED) is 0.846. The van der Waals surface area contributed by atoms with Crippen molar-refractivity contribution >= 4 is 5.78 Å². The maximum atomic E-state index is 11.6. The van der Waals surface area contributed by atoms with E-state index in [-0.39, 0.29) is 5.78 Å². The first-order valence-electron chi connectivity index (χ1n) is 7.71. The van der Waals surface area contributed by atoms with Crippen molar-refractivity contribution in [2.24, 2.45) is 11.7 Å². The smallest absolute Gasteiger partial charge is 0.159 e. The molecule has 0 spiro atoms. The van der Waals surface area contributed by atoms with Gasteiger partial charge in [-0.15, -0.1) is 0 Å². The van der Waals surface area contributed by atoms with Crippen molar-refractivity contribution < 1.29 is 9.53 Å². The van der Waals surface area contributed by atoms with E-state index in [0.29, 0.717) is 12.0 Å². The third kappa shape index (κ3) is 3.83. The van der Waals surface area contributed by atoms with Crippen molar-refractivity contribution in [3.8, 4) is 5.75 Å². The van der Waals surface area contributed by atoms with Crippen molar-refractivity contribution in [1.82, 2.24) is 4.90 Å². The zero-order valence-corrected chi connectivity index (χ0v) is 13.3. The van der Waals surface area contributed by atoms with Crippen LogP contribution in [0, 0.1) is 5.92 Å². The molecule has 21 heavy (non-hydrogen) atoms. The number of carbonyl (C=O) groups is 1. The zero-order chi connectivity index (χ0) is 15.4. The molecule has 1 saturated heterocycles. The number of hydrogen-bond acceptors (Lipinski definition) is 4. The Bertz CT molecular complexity index is 502. The molecule has 0 amide bonds. The summed E-state index contributed by atoms with van der Waals surface area (Å²) in [4.78, 5) is 14.0. The van der Waals surface area contributed by atoms with Gasteiger partial charge in [0.1, 0.15) is 5.75 Å². The Kier molecular flexibility index (Phi) is 5.37. The van der Waals surface area contributed by atoms with E-state index in [2.05, 4.69) is 11.8 Å². The fraction of sp³-hybridized carbons (Fsp3) is 0.588. The lowest BCUT2D eigenvalue weighted by atomic mass is 9.90. The van der Waals surface area contributed by atoms with E-state index < -0.39 is 0 Å². The molecule has 1 aromatic carbocycles. The molecular formula is C17H26N2O2. The summed E-state index contributed by atoms with van der Waals surface area (Å²) in [7, 11) is 1.67. The lowest BCUT2D eigenvalue weighted by molar-refractivity contribution is 0.101. The van der Waals surface area contributed by atoms with Gasteiger partial charge in [0.25, 0.3) is 0 Å². The number of piperidine rings is 1. The Labute approximate surface area is 127 Å². The molecule has 2 atom stereocenters. The average Bonchev–Trinajstić information content (AvgIpc) is 2.49. The van der Waals surface area contributed by atoms with E-state index in [4.69, 9.17) is 10.5 Å². The van der Waals surface area contributed by atoms with E-state index in [0.717, 1.165) is 49.4 Å². The van der Waals surface area contributed by atoms with Crippen LogP contribution in [0.4, 0.5) is 0 Å². The lowest BCUT2D eigenvalue weighted by Crippen LogP contribution is -2.46. The van der Waals surface area contributed by atoms with E-state index in [1.165, 1.54) is 0 Å². The molecular weight excluding hydrogens is 264 g/mol. The number of Topliss-reactive ketones (excluding diaryl/α,β-unsaturated/α-hetero) is 1. The van der Waals surface area contributed by atoms with Crippen LogP contribution in [0.1, 0.15) is 42.6 Å². The molecule has 116 valence electrons. The van der Waals surface area contributed by atoms with Crippen molar-refractivity contribution in [1.29, 1.82) is 0 Å². The summed E-state index contributed by atoms with van der Waals surface area (Å²) < 4.78 is 5.43. The first-order valence-corrected chi connectivity index (χ1v) is 7.71. The number of rotatable bonds is 5. The van der Waals surface area contributed by atoms with Crippen molar-refractivity contribution in [2.75, 3.05) is 20.2 Å². The maximum absolute atomic E-state index is 11.6. The minimum absolute atomic E-state index is 0.0889. The van der Waals surface area contributed by atoms with Gasteiger partial charge >= 0.3 is 0 Å². The molecule has 1 aliphatic rings. The molecule has 0 aliphatic carbocycles. The molecule has 4 nitrogen and oxygen atoms in total. The highest BCUT2D eigenvalue weighted by Crippen LogP contribution is 2.25. The second-order valence-electron chi connectivity index (χ2n) is 5.94. The number of methoxy groups -OCH3 is 1. The number of likely N-dealkylation sites (tertiary alicyclic amines) is 1. The van der Waals surface area contributed by atoms with E-state index >= 15 is 0 Å². The van der Waals surface area contributed by atoms with Gasteiger partial charge in [-0.2, -0.15) is 0 Å². The number of benzene rings is 1. The monoisotopic (exact) mass is 290 g/mol. The normalized spacial score (nSPS) is 23.0. The van der Waals surface area contributed by atoms with Gasteiger partial charge in [0, 0.05) is 30.3 Å². The van der Waals surface area contributed by atoms with Gasteiger partial charge in [-0.3, -0.25) is 9.69 Å². The average molecular weight is 290 g/mol. The number of ether oxygens (including phenoxy) is 1. The van der Waals surface area contributed by atoms with Crippen molar-refractivity contribution in [3.63, 3.8) is 0 Å². The zero-order valence-electron chi connectivity index (χ0n) is 13.3. The van der Waals surface area contributed by atoms with Gasteiger partial charge in [0.05, 0.1) is 7.11 Å². The standard InChI is InChI=1S/C17H26N2O2/c1-4-13-10-19(8-7-16(13)18)11-15-9-14(12(2)20)5-6-17(15)21-3/h5-6,9,13,16H,4,7-8,10-11,18H2,1-3H3. The van der Waals surface area contributed by atoms with Crippen LogP contribution in [0.5, 0.6) is 5.75 Å². The second kappa shape index (κ2) is 7.05. The summed E-state index contributed by atoms with van der Waals surface area (Å²) in [5, 5.41) is 0. The van der Waals surface area contributed by atoms with Gasteiger partial charge in [0.15, 0.2) is 5.78 Å². The predicted octanol–water partition coefficient (Wildman–Crippen LogP) is 2.46.